The van der Waals surface area contributed by atoms with Crippen molar-refractivity contribution in [2.45, 2.75) is 25.4 Å². The van der Waals surface area contributed by atoms with Crippen LogP contribution < -0.4 is 5.32 Å². The maximum absolute atomic E-state index is 13.6. The molecule has 92 valence electrons. The molecule has 0 fully saturated rings. The van der Waals surface area contributed by atoms with Crippen molar-refractivity contribution in [2.24, 2.45) is 0 Å². The summed E-state index contributed by atoms with van der Waals surface area (Å²) in [6, 6.07) is -1.28. The van der Waals surface area contributed by atoms with Crippen LogP contribution in [-0.2, 0) is 11.2 Å². The third kappa shape index (κ3) is 1.88. The fraction of sp³-hybridized carbons (Fsp3) is 0.364. The molecule has 1 aliphatic heterocycles. The van der Waals surface area contributed by atoms with Gasteiger partial charge >= 0.3 is 5.97 Å². The first-order valence-corrected chi connectivity index (χ1v) is 5.07. The standard InChI is InChI=1S/C11H10F3NO2/c1-4-2-5-6(12)3-7(13)9(14)8(5)10(15-4)11(16)17/h3-4,10,15H,2H2,1H3,(H,16,17). The monoisotopic (exact) mass is 245 g/mol. The second-order valence-corrected chi connectivity index (χ2v) is 4.09. The Hall–Kier alpha value is -1.56. The highest BCUT2D eigenvalue weighted by molar-refractivity contribution is 5.76. The van der Waals surface area contributed by atoms with Gasteiger partial charge in [-0.05, 0) is 18.9 Å². The summed E-state index contributed by atoms with van der Waals surface area (Å²) in [6.07, 6.45) is 0.127. The normalized spacial score (nSPS) is 23.3. The first-order chi connectivity index (χ1) is 7.91. The fourth-order valence-corrected chi connectivity index (χ4v) is 2.09. The molecule has 3 nitrogen and oxygen atoms in total. The molecule has 2 atom stereocenters. The van der Waals surface area contributed by atoms with Crippen LogP contribution >= 0.6 is 0 Å². The summed E-state index contributed by atoms with van der Waals surface area (Å²) in [4.78, 5) is 11.0. The van der Waals surface area contributed by atoms with Gasteiger partial charge in [0.2, 0.25) is 0 Å². The number of aliphatic carboxylic acids is 1. The number of rotatable bonds is 1. The van der Waals surface area contributed by atoms with Crippen LogP contribution in [0.25, 0.3) is 0 Å². The average Bonchev–Trinajstić information content (AvgIpc) is 2.25. The smallest absolute Gasteiger partial charge is 0.325 e. The zero-order valence-corrected chi connectivity index (χ0v) is 8.93. The Morgan fingerprint density at radius 1 is 1.41 bits per heavy atom. The summed E-state index contributed by atoms with van der Waals surface area (Å²) in [5.41, 5.74) is -0.504. The molecular weight excluding hydrogens is 235 g/mol. The Morgan fingerprint density at radius 2 is 2.06 bits per heavy atom. The summed E-state index contributed by atoms with van der Waals surface area (Å²) in [5, 5.41) is 11.5. The van der Waals surface area contributed by atoms with E-state index in [1.807, 2.05) is 0 Å². The van der Waals surface area contributed by atoms with E-state index in [4.69, 9.17) is 5.11 Å². The Labute approximate surface area is 95.3 Å². The molecule has 1 aromatic carbocycles. The average molecular weight is 245 g/mol. The number of carboxylic acid groups (broad SMARTS) is 1. The number of hydrogen-bond donors (Lipinski definition) is 2. The highest BCUT2D eigenvalue weighted by atomic mass is 19.2. The van der Waals surface area contributed by atoms with E-state index in [-0.39, 0.29) is 18.0 Å². The zero-order chi connectivity index (χ0) is 12.7. The number of nitrogens with one attached hydrogen (secondary N) is 1. The molecule has 1 aromatic rings. The SMILES string of the molecule is CC1Cc2c(F)cc(F)c(F)c2C(C(=O)O)N1. The molecule has 0 radical (unpaired) electrons. The van der Waals surface area contributed by atoms with Crippen LogP contribution in [0.2, 0.25) is 0 Å². The quantitative estimate of drug-likeness (QED) is 0.741. The number of carbonyl (C=O) groups is 1. The molecular formula is C11H10F3NO2. The third-order valence-corrected chi connectivity index (χ3v) is 2.81. The molecule has 17 heavy (non-hydrogen) atoms. The highest BCUT2D eigenvalue weighted by Crippen LogP contribution is 2.31. The summed E-state index contributed by atoms with van der Waals surface area (Å²) in [5.74, 6) is -4.93. The van der Waals surface area contributed by atoms with Gasteiger partial charge in [0.25, 0.3) is 0 Å². The molecule has 0 aliphatic carbocycles. The Balaban J connectivity index is 2.67. The first-order valence-electron chi connectivity index (χ1n) is 5.07. The minimum absolute atomic E-state index is 0.0671. The van der Waals surface area contributed by atoms with E-state index >= 15 is 0 Å². The summed E-state index contributed by atoms with van der Waals surface area (Å²) >= 11 is 0. The van der Waals surface area contributed by atoms with Crippen molar-refractivity contribution >= 4 is 5.97 Å². The first kappa shape index (κ1) is 11.9. The molecule has 0 saturated carbocycles. The van der Waals surface area contributed by atoms with E-state index in [0.29, 0.717) is 6.07 Å². The van der Waals surface area contributed by atoms with Gasteiger partial charge < -0.3 is 5.11 Å². The number of benzene rings is 1. The number of fused-ring (bicyclic) bond motifs is 1. The van der Waals surface area contributed by atoms with Crippen molar-refractivity contribution in [1.29, 1.82) is 0 Å². The largest absolute Gasteiger partial charge is 0.480 e. The van der Waals surface area contributed by atoms with Gasteiger partial charge in [0.05, 0.1) is 0 Å². The predicted octanol–water partition coefficient (Wildman–Crippen LogP) is 1.76. The van der Waals surface area contributed by atoms with Crippen molar-refractivity contribution in [3.8, 4) is 0 Å². The molecule has 6 heteroatoms. The topological polar surface area (TPSA) is 49.3 Å². The van der Waals surface area contributed by atoms with E-state index in [1.165, 1.54) is 0 Å². The molecule has 2 unspecified atom stereocenters. The van der Waals surface area contributed by atoms with E-state index in [9.17, 15) is 18.0 Å². The third-order valence-electron chi connectivity index (χ3n) is 2.81. The van der Waals surface area contributed by atoms with Crippen LogP contribution in [0.15, 0.2) is 6.07 Å². The van der Waals surface area contributed by atoms with Gasteiger partial charge in [0, 0.05) is 17.7 Å². The Kier molecular flexibility index (Phi) is 2.82. The van der Waals surface area contributed by atoms with Crippen molar-refractivity contribution in [2.75, 3.05) is 0 Å². The van der Waals surface area contributed by atoms with Crippen molar-refractivity contribution in [3.05, 3.63) is 34.6 Å². The summed E-state index contributed by atoms with van der Waals surface area (Å²) < 4.78 is 40.1. The lowest BCUT2D eigenvalue weighted by molar-refractivity contribution is -0.140. The molecule has 0 spiro atoms. The van der Waals surface area contributed by atoms with E-state index < -0.39 is 35.0 Å². The van der Waals surface area contributed by atoms with Crippen molar-refractivity contribution in [1.82, 2.24) is 5.32 Å². The van der Waals surface area contributed by atoms with Crippen LogP contribution in [-0.4, -0.2) is 17.1 Å². The van der Waals surface area contributed by atoms with E-state index in [1.54, 1.807) is 6.92 Å². The maximum atomic E-state index is 13.6. The van der Waals surface area contributed by atoms with Gasteiger partial charge in [-0.15, -0.1) is 0 Å². The molecule has 0 aromatic heterocycles. The van der Waals surface area contributed by atoms with Crippen LogP contribution in [0.4, 0.5) is 13.2 Å². The summed E-state index contributed by atoms with van der Waals surface area (Å²) in [7, 11) is 0. The molecule has 1 heterocycles. The Bertz CT molecular complexity index is 490. The second kappa shape index (κ2) is 4.03. The summed E-state index contributed by atoms with van der Waals surface area (Å²) in [6.45, 7) is 1.65. The van der Waals surface area contributed by atoms with E-state index in [2.05, 4.69) is 5.32 Å². The number of carboxylic acids is 1. The fourth-order valence-electron chi connectivity index (χ4n) is 2.09. The van der Waals surface area contributed by atoms with E-state index in [0.717, 1.165) is 0 Å². The second-order valence-electron chi connectivity index (χ2n) is 4.09. The number of halogens is 3. The molecule has 1 aliphatic rings. The van der Waals surface area contributed by atoms with Crippen molar-refractivity contribution < 1.29 is 23.1 Å². The minimum atomic E-state index is -1.42. The molecule has 2 rings (SSSR count). The van der Waals surface area contributed by atoms with Crippen molar-refractivity contribution in [3.63, 3.8) is 0 Å². The molecule has 0 amide bonds. The predicted molar refractivity (Wildman–Crippen MR) is 53.0 cm³/mol. The van der Waals surface area contributed by atoms with Gasteiger partial charge in [-0.1, -0.05) is 0 Å². The van der Waals surface area contributed by atoms with Gasteiger partial charge in [0.1, 0.15) is 11.9 Å². The minimum Gasteiger partial charge on any atom is -0.480 e. The van der Waals surface area contributed by atoms with Crippen LogP contribution in [0.3, 0.4) is 0 Å². The van der Waals surface area contributed by atoms with Gasteiger partial charge in [-0.25, -0.2) is 13.2 Å². The van der Waals surface area contributed by atoms with Gasteiger partial charge in [-0.3, -0.25) is 10.1 Å². The maximum Gasteiger partial charge on any atom is 0.325 e. The highest BCUT2D eigenvalue weighted by Gasteiger charge is 2.35. The lowest BCUT2D eigenvalue weighted by Crippen LogP contribution is -2.42. The lowest BCUT2D eigenvalue weighted by Gasteiger charge is -2.29. The molecule has 2 N–H and O–H groups in total. The lowest BCUT2D eigenvalue weighted by atomic mass is 9.89. The Morgan fingerprint density at radius 3 is 2.65 bits per heavy atom. The number of hydrogen-bond acceptors (Lipinski definition) is 2. The van der Waals surface area contributed by atoms with Crippen LogP contribution in [0.1, 0.15) is 24.1 Å². The molecule has 0 saturated heterocycles. The zero-order valence-electron chi connectivity index (χ0n) is 8.93. The molecule has 0 bridgehead atoms. The van der Waals surface area contributed by atoms with Crippen LogP contribution in [0, 0.1) is 17.5 Å². The van der Waals surface area contributed by atoms with Gasteiger partial charge in [-0.2, -0.15) is 0 Å². The van der Waals surface area contributed by atoms with Crippen LogP contribution in [0.5, 0.6) is 0 Å². The van der Waals surface area contributed by atoms with Gasteiger partial charge in [0.15, 0.2) is 11.6 Å².